The van der Waals surface area contributed by atoms with Crippen LogP contribution in [0.1, 0.15) is 43.6 Å². The Morgan fingerprint density at radius 3 is 2.35 bits per heavy atom. The van der Waals surface area contributed by atoms with Crippen LogP contribution in [0, 0.1) is 20.8 Å². The van der Waals surface area contributed by atoms with Crippen molar-refractivity contribution in [3.8, 4) is 0 Å². The number of aliphatic imine (C=N–C) groups is 1. The van der Waals surface area contributed by atoms with Crippen molar-refractivity contribution in [1.82, 2.24) is 19.6 Å². The van der Waals surface area contributed by atoms with Gasteiger partial charge < -0.3 is 0 Å². The van der Waals surface area contributed by atoms with Crippen LogP contribution in [0.2, 0.25) is 0 Å². The first-order chi connectivity index (χ1) is 12.3. The number of likely N-dealkylation sites (N-methyl/N-ethyl adjacent to an activating group) is 1. The maximum absolute atomic E-state index is 13.1. The summed E-state index contributed by atoms with van der Waals surface area (Å²) >= 11 is 0. The highest BCUT2D eigenvalue weighted by Gasteiger charge is 2.52. The fourth-order valence-corrected chi connectivity index (χ4v) is 3.49. The van der Waals surface area contributed by atoms with Gasteiger partial charge in [-0.15, -0.1) is 9.78 Å². The van der Waals surface area contributed by atoms with Gasteiger partial charge in [0.25, 0.3) is 5.91 Å². The molecule has 1 unspecified atom stereocenters. The third-order valence-electron chi connectivity index (χ3n) is 5.14. The fourth-order valence-electron chi connectivity index (χ4n) is 3.49. The van der Waals surface area contributed by atoms with E-state index in [2.05, 4.69) is 17.0 Å². The number of amides is 3. The molecular formula is C18H27N6O2+. The van der Waals surface area contributed by atoms with Gasteiger partial charge in [0.15, 0.2) is 0 Å². The number of carbonyl (C=O) groups is 2. The SMILES string of the molecule is CCCN1C(=O)C2C(=NC(n3nc(C)c(C)c3C)=[N+]2CCC)N(C)C1=O. The lowest BCUT2D eigenvalue weighted by Gasteiger charge is -2.33. The van der Waals surface area contributed by atoms with Crippen LogP contribution in [-0.4, -0.2) is 74.1 Å². The number of hydrogen-bond acceptors (Lipinski definition) is 4. The van der Waals surface area contributed by atoms with Crippen molar-refractivity contribution < 1.29 is 14.2 Å². The van der Waals surface area contributed by atoms with Crippen molar-refractivity contribution in [2.45, 2.75) is 53.5 Å². The molecule has 1 aromatic heterocycles. The molecule has 3 heterocycles. The van der Waals surface area contributed by atoms with E-state index in [0.29, 0.717) is 24.9 Å². The Morgan fingerprint density at radius 2 is 1.81 bits per heavy atom. The number of aryl methyl sites for hydroxylation is 1. The lowest BCUT2D eigenvalue weighted by atomic mass is 10.1. The van der Waals surface area contributed by atoms with E-state index in [-0.39, 0.29) is 11.9 Å². The largest absolute Gasteiger partial charge is 0.421 e. The third-order valence-corrected chi connectivity index (χ3v) is 5.14. The fraction of sp³-hybridized carbons (Fsp3) is 0.611. The molecule has 3 rings (SSSR count). The van der Waals surface area contributed by atoms with Crippen LogP contribution in [-0.2, 0) is 4.79 Å². The highest BCUT2D eigenvalue weighted by molar-refractivity contribution is 6.23. The van der Waals surface area contributed by atoms with Gasteiger partial charge in [0.2, 0.25) is 11.9 Å². The average molecular weight is 359 g/mol. The summed E-state index contributed by atoms with van der Waals surface area (Å²) in [5, 5.41) is 4.61. The number of aromatic nitrogens is 2. The maximum Gasteiger partial charge on any atom is 0.421 e. The van der Waals surface area contributed by atoms with E-state index in [9.17, 15) is 9.59 Å². The number of carbonyl (C=O) groups excluding carboxylic acids is 2. The molecule has 26 heavy (non-hydrogen) atoms. The van der Waals surface area contributed by atoms with E-state index in [0.717, 1.165) is 29.8 Å². The smallest absolute Gasteiger partial charge is 0.270 e. The Kier molecular flexibility index (Phi) is 4.68. The summed E-state index contributed by atoms with van der Waals surface area (Å²) in [4.78, 5) is 33.2. The van der Waals surface area contributed by atoms with Crippen molar-refractivity contribution in [3.05, 3.63) is 17.0 Å². The monoisotopic (exact) mass is 359 g/mol. The molecule has 0 N–H and O–H groups in total. The zero-order valence-corrected chi connectivity index (χ0v) is 16.4. The molecule has 0 aromatic carbocycles. The van der Waals surface area contributed by atoms with Gasteiger partial charge in [0.05, 0.1) is 12.2 Å². The zero-order valence-electron chi connectivity index (χ0n) is 16.4. The Balaban J connectivity index is 2.15. The second-order valence-corrected chi connectivity index (χ2v) is 6.91. The second-order valence-electron chi connectivity index (χ2n) is 6.91. The first-order valence-corrected chi connectivity index (χ1v) is 9.17. The predicted molar refractivity (Wildman–Crippen MR) is 98.6 cm³/mol. The minimum atomic E-state index is -0.566. The Labute approximate surface area is 153 Å². The summed E-state index contributed by atoms with van der Waals surface area (Å²) in [6.45, 7) is 11.1. The summed E-state index contributed by atoms with van der Waals surface area (Å²) < 4.78 is 3.77. The zero-order chi connectivity index (χ0) is 19.2. The van der Waals surface area contributed by atoms with Crippen LogP contribution in [0.25, 0.3) is 0 Å². The van der Waals surface area contributed by atoms with Gasteiger partial charge in [-0.2, -0.15) is 0 Å². The summed E-state index contributed by atoms with van der Waals surface area (Å²) in [5.41, 5.74) is 3.03. The Hall–Kier alpha value is -2.51. The van der Waals surface area contributed by atoms with Crippen molar-refractivity contribution in [2.24, 2.45) is 4.99 Å². The van der Waals surface area contributed by atoms with Crippen LogP contribution in [0.3, 0.4) is 0 Å². The van der Waals surface area contributed by atoms with Gasteiger partial charge in [-0.05, 0) is 33.6 Å². The molecule has 0 bridgehead atoms. The normalized spacial score (nSPS) is 20.2. The van der Waals surface area contributed by atoms with E-state index < -0.39 is 6.04 Å². The molecule has 0 aliphatic carbocycles. The lowest BCUT2D eigenvalue weighted by Crippen LogP contribution is -2.62. The molecule has 8 nitrogen and oxygen atoms in total. The van der Waals surface area contributed by atoms with E-state index >= 15 is 0 Å². The number of urea groups is 1. The molecular weight excluding hydrogens is 332 g/mol. The van der Waals surface area contributed by atoms with Crippen LogP contribution in [0.4, 0.5) is 4.79 Å². The molecule has 1 saturated heterocycles. The summed E-state index contributed by atoms with van der Waals surface area (Å²) in [7, 11) is 1.68. The first kappa shape index (κ1) is 18.3. The minimum absolute atomic E-state index is 0.199. The number of rotatable bonds is 4. The summed E-state index contributed by atoms with van der Waals surface area (Å²) in [5.74, 6) is 0.906. The predicted octanol–water partition coefficient (Wildman–Crippen LogP) is 1.52. The van der Waals surface area contributed by atoms with E-state index in [1.165, 1.54) is 9.80 Å². The third kappa shape index (κ3) is 2.55. The van der Waals surface area contributed by atoms with Gasteiger partial charge in [0.1, 0.15) is 5.69 Å². The average Bonchev–Trinajstić information content (AvgIpc) is 3.10. The van der Waals surface area contributed by atoms with Crippen LogP contribution in [0.15, 0.2) is 4.99 Å². The standard InChI is InChI=1S/C18H27N6O2/c1-7-9-22-14-15(21(6)18(26)23(10-8-2)16(14)25)19-17(22)24-13(5)11(3)12(4)20-24/h14H,7-10H2,1-6H3/q+1. The number of nitrogens with zero attached hydrogens (tertiary/aromatic N) is 6. The highest BCUT2D eigenvalue weighted by Crippen LogP contribution is 2.22. The molecule has 0 spiro atoms. The molecule has 0 saturated carbocycles. The van der Waals surface area contributed by atoms with Crippen LogP contribution in [0.5, 0.6) is 0 Å². The van der Waals surface area contributed by atoms with Gasteiger partial charge in [0, 0.05) is 19.2 Å². The summed E-state index contributed by atoms with van der Waals surface area (Å²) in [6, 6.07) is -0.877. The Bertz CT molecular complexity index is 835. The van der Waals surface area contributed by atoms with Crippen molar-refractivity contribution in [1.29, 1.82) is 0 Å². The molecule has 8 heteroatoms. The molecule has 140 valence electrons. The van der Waals surface area contributed by atoms with Gasteiger partial charge in [-0.3, -0.25) is 14.6 Å². The first-order valence-electron chi connectivity index (χ1n) is 9.17. The highest BCUT2D eigenvalue weighted by atomic mass is 16.2. The molecule has 3 amide bonds. The van der Waals surface area contributed by atoms with Crippen LogP contribution >= 0.6 is 0 Å². The molecule has 1 fully saturated rings. The number of fused-ring (bicyclic) bond motifs is 1. The molecule has 2 aliphatic heterocycles. The summed E-state index contributed by atoms with van der Waals surface area (Å²) in [6.07, 6.45) is 1.59. The number of amidine groups is 1. The van der Waals surface area contributed by atoms with E-state index in [1.807, 2.05) is 32.3 Å². The quantitative estimate of drug-likeness (QED) is 0.765. The van der Waals surface area contributed by atoms with Crippen molar-refractivity contribution >= 4 is 23.7 Å². The molecule has 1 atom stereocenters. The Morgan fingerprint density at radius 1 is 1.12 bits per heavy atom. The van der Waals surface area contributed by atoms with E-state index in [1.54, 1.807) is 11.7 Å². The van der Waals surface area contributed by atoms with Gasteiger partial charge >= 0.3 is 12.0 Å². The van der Waals surface area contributed by atoms with E-state index in [4.69, 9.17) is 0 Å². The van der Waals surface area contributed by atoms with Crippen molar-refractivity contribution in [3.63, 3.8) is 0 Å². The van der Waals surface area contributed by atoms with Crippen molar-refractivity contribution in [2.75, 3.05) is 20.1 Å². The van der Waals surface area contributed by atoms with Crippen LogP contribution < -0.4 is 0 Å². The second kappa shape index (κ2) is 6.66. The number of imide groups is 1. The van der Waals surface area contributed by atoms with Gasteiger partial charge in [-0.1, -0.05) is 18.8 Å². The maximum atomic E-state index is 13.1. The number of hydrogen-bond donors (Lipinski definition) is 0. The molecule has 2 aliphatic rings. The molecule has 0 radical (unpaired) electrons. The minimum Gasteiger partial charge on any atom is -0.270 e. The topological polar surface area (TPSA) is 73.8 Å². The van der Waals surface area contributed by atoms with Gasteiger partial charge in [-0.25, -0.2) is 9.37 Å². The lowest BCUT2D eigenvalue weighted by molar-refractivity contribution is -0.537. The molecule has 1 aromatic rings.